The van der Waals surface area contributed by atoms with Crippen molar-refractivity contribution in [2.24, 2.45) is 0 Å². The van der Waals surface area contributed by atoms with Crippen LogP contribution in [0.15, 0.2) is 42.5 Å². The zero-order valence-corrected chi connectivity index (χ0v) is 9.07. The lowest BCUT2D eigenvalue weighted by atomic mass is 10.2. The Morgan fingerprint density at radius 2 is 2.25 bits per heavy atom. The first-order valence-electron chi connectivity index (χ1n) is 5.09. The third-order valence-electron chi connectivity index (χ3n) is 2.33. The van der Waals surface area contributed by atoms with Crippen molar-refractivity contribution < 1.29 is 0 Å². The van der Waals surface area contributed by atoms with Crippen LogP contribution >= 0.6 is 0 Å². The number of H-pyrrole nitrogens is 1. The number of hydrogen-bond acceptors (Lipinski definition) is 1. The van der Waals surface area contributed by atoms with Gasteiger partial charge >= 0.3 is 0 Å². The van der Waals surface area contributed by atoms with E-state index in [0.29, 0.717) is 0 Å². The van der Waals surface area contributed by atoms with E-state index in [2.05, 4.69) is 15.9 Å². The van der Waals surface area contributed by atoms with Crippen LogP contribution in [0.2, 0.25) is 0 Å². The summed E-state index contributed by atoms with van der Waals surface area (Å²) in [6.45, 7) is 1.96. The van der Waals surface area contributed by atoms with Gasteiger partial charge in [-0.25, -0.2) is 4.98 Å². The average Bonchev–Trinajstić information content (AvgIpc) is 2.73. The zero-order valence-electron chi connectivity index (χ0n) is 9.07. The maximum Gasteiger partial charge on any atom is 0.138 e. The van der Waals surface area contributed by atoms with Gasteiger partial charge in [-0.2, -0.15) is 0 Å². The van der Waals surface area contributed by atoms with Crippen molar-refractivity contribution in [3.8, 4) is 12.3 Å². The Morgan fingerprint density at radius 1 is 1.44 bits per heavy atom. The molecular weight excluding hydrogens is 196 g/mol. The summed E-state index contributed by atoms with van der Waals surface area (Å²) in [4.78, 5) is 7.75. The zero-order chi connectivity index (χ0) is 11.4. The predicted octanol–water partition coefficient (Wildman–Crippen LogP) is 3.16. The Kier molecular flexibility index (Phi) is 2.88. The van der Waals surface area contributed by atoms with Crippen molar-refractivity contribution in [1.29, 1.82) is 0 Å². The minimum atomic E-state index is 0.843. The minimum absolute atomic E-state index is 0.843. The second kappa shape index (κ2) is 4.50. The maximum absolute atomic E-state index is 5.19. The minimum Gasteiger partial charge on any atom is -0.338 e. The quantitative estimate of drug-likeness (QED) is 0.596. The number of aromatic amines is 1. The lowest BCUT2D eigenvalue weighted by molar-refractivity contribution is 1.27. The third-order valence-corrected chi connectivity index (χ3v) is 2.33. The molecule has 2 aromatic rings. The summed E-state index contributed by atoms with van der Waals surface area (Å²) in [7, 11) is 0. The summed E-state index contributed by atoms with van der Waals surface area (Å²) in [5, 5.41) is 0. The number of hydrogen-bond donors (Lipinski definition) is 1. The molecule has 0 unspecified atom stereocenters. The number of benzene rings is 1. The second-order valence-corrected chi connectivity index (χ2v) is 3.35. The fraction of sp³-hybridized carbons (Fsp3) is 0.0714. The largest absolute Gasteiger partial charge is 0.338 e. The Morgan fingerprint density at radius 3 is 2.94 bits per heavy atom. The topological polar surface area (TPSA) is 28.7 Å². The van der Waals surface area contributed by atoms with Crippen LogP contribution < -0.4 is 0 Å². The standard InChI is InChI=1S/C14H12N2/c1-3-5-8-11(4-2)14-15-12-9-6-7-10-13(12)16-14/h1,4-10H,2H3,(H,15,16)/b8-5-,11-4+. The fourth-order valence-corrected chi connectivity index (χ4v) is 1.54. The smallest absolute Gasteiger partial charge is 0.138 e. The van der Waals surface area contributed by atoms with Gasteiger partial charge < -0.3 is 4.98 Å². The Balaban J connectivity index is 2.47. The predicted molar refractivity (Wildman–Crippen MR) is 67.7 cm³/mol. The van der Waals surface area contributed by atoms with Crippen molar-refractivity contribution in [1.82, 2.24) is 9.97 Å². The molecule has 0 atom stereocenters. The highest BCUT2D eigenvalue weighted by molar-refractivity contribution is 5.80. The van der Waals surface area contributed by atoms with Gasteiger partial charge in [0.2, 0.25) is 0 Å². The van der Waals surface area contributed by atoms with Crippen LogP contribution in [-0.4, -0.2) is 9.97 Å². The van der Waals surface area contributed by atoms with Gasteiger partial charge in [-0.1, -0.05) is 24.1 Å². The molecule has 16 heavy (non-hydrogen) atoms. The SMILES string of the molecule is C#C/C=C\C(=C/C)c1nc2ccccc2[nH]1. The van der Waals surface area contributed by atoms with Crippen molar-refractivity contribution in [3.05, 3.63) is 48.3 Å². The summed E-state index contributed by atoms with van der Waals surface area (Å²) in [5.74, 6) is 3.32. The van der Waals surface area contributed by atoms with Crippen LogP contribution in [0.4, 0.5) is 0 Å². The number of fused-ring (bicyclic) bond motifs is 1. The molecule has 1 N–H and O–H groups in total. The molecule has 1 aromatic carbocycles. The summed E-state index contributed by atoms with van der Waals surface area (Å²) < 4.78 is 0. The number of aromatic nitrogens is 2. The van der Waals surface area contributed by atoms with E-state index in [1.807, 2.05) is 43.3 Å². The first-order valence-corrected chi connectivity index (χ1v) is 5.09. The molecule has 0 saturated carbocycles. The molecule has 1 aromatic heterocycles. The first-order chi connectivity index (χ1) is 7.85. The second-order valence-electron chi connectivity index (χ2n) is 3.35. The van der Waals surface area contributed by atoms with Gasteiger partial charge in [0, 0.05) is 5.57 Å². The summed E-state index contributed by atoms with van der Waals surface area (Å²) in [5.41, 5.74) is 2.99. The lowest BCUT2D eigenvalue weighted by Crippen LogP contribution is -1.82. The molecule has 0 bridgehead atoms. The molecule has 2 nitrogen and oxygen atoms in total. The highest BCUT2D eigenvalue weighted by Crippen LogP contribution is 2.17. The Bertz CT molecular complexity index is 561. The van der Waals surface area contributed by atoms with E-state index in [9.17, 15) is 0 Å². The van der Waals surface area contributed by atoms with Crippen molar-refractivity contribution in [3.63, 3.8) is 0 Å². The highest BCUT2D eigenvalue weighted by atomic mass is 14.9. The van der Waals surface area contributed by atoms with Gasteiger partial charge in [0.1, 0.15) is 5.82 Å². The molecule has 0 spiro atoms. The molecule has 0 radical (unpaired) electrons. The molecule has 0 aliphatic carbocycles. The Labute approximate surface area is 94.7 Å². The molecule has 2 heteroatoms. The molecule has 2 rings (SSSR count). The number of rotatable bonds is 2. The maximum atomic E-state index is 5.19. The van der Waals surface area contributed by atoms with Gasteiger partial charge in [0.25, 0.3) is 0 Å². The molecule has 0 aliphatic rings. The Hall–Kier alpha value is -2.27. The number of nitrogens with one attached hydrogen (secondary N) is 1. The molecular formula is C14H12N2. The molecule has 0 amide bonds. The number of allylic oxidation sites excluding steroid dienone is 4. The van der Waals surface area contributed by atoms with Crippen molar-refractivity contribution >= 4 is 16.6 Å². The number of terminal acetylenes is 1. The lowest BCUT2D eigenvalue weighted by Gasteiger charge is -1.93. The van der Waals surface area contributed by atoms with E-state index in [-0.39, 0.29) is 0 Å². The van der Waals surface area contributed by atoms with Gasteiger partial charge in [-0.05, 0) is 31.2 Å². The normalized spacial score (nSPS) is 12.1. The van der Waals surface area contributed by atoms with Crippen LogP contribution in [0.5, 0.6) is 0 Å². The van der Waals surface area contributed by atoms with Crippen molar-refractivity contribution in [2.45, 2.75) is 6.92 Å². The summed E-state index contributed by atoms with van der Waals surface area (Å²) in [6, 6.07) is 7.94. The van der Waals surface area contributed by atoms with Crippen molar-refractivity contribution in [2.75, 3.05) is 0 Å². The van der Waals surface area contributed by atoms with E-state index in [0.717, 1.165) is 22.4 Å². The van der Waals surface area contributed by atoms with Gasteiger partial charge in [-0.3, -0.25) is 0 Å². The van der Waals surface area contributed by atoms with E-state index >= 15 is 0 Å². The van der Waals surface area contributed by atoms with E-state index in [1.165, 1.54) is 0 Å². The molecule has 0 aliphatic heterocycles. The monoisotopic (exact) mass is 208 g/mol. The summed E-state index contributed by atoms with van der Waals surface area (Å²) >= 11 is 0. The van der Waals surface area contributed by atoms with Crippen LogP contribution in [0.1, 0.15) is 12.7 Å². The van der Waals surface area contributed by atoms with E-state index in [4.69, 9.17) is 6.42 Å². The molecule has 78 valence electrons. The number of nitrogens with zero attached hydrogens (tertiary/aromatic N) is 1. The average molecular weight is 208 g/mol. The van der Waals surface area contributed by atoms with Crippen LogP contribution in [0.25, 0.3) is 16.6 Å². The summed E-state index contributed by atoms with van der Waals surface area (Å²) in [6.07, 6.45) is 10.7. The van der Waals surface area contributed by atoms with Gasteiger partial charge in [0.15, 0.2) is 0 Å². The fourth-order valence-electron chi connectivity index (χ4n) is 1.54. The number of para-hydroxylation sites is 2. The van der Waals surface area contributed by atoms with Crippen LogP contribution in [-0.2, 0) is 0 Å². The highest BCUT2D eigenvalue weighted by Gasteiger charge is 2.03. The molecule has 0 fully saturated rings. The number of imidazole rings is 1. The third kappa shape index (κ3) is 1.89. The van der Waals surface area contributed by atoms with Gasteiger partial charge in [0.05, 0.1) is 11.0 Å². The van der Waals surface area contributed by atoms with E-state index in [1.54, 1.807) is 6.08 Å². The van der Waals surface area contributed by atoms with Crippen LogP contribution in [0.3, 0.4) is 0 Å². The molecule has 0 saturated heterocycles. The first kappa shape index (κ1) is 10.3. The molecule has 1 heterocycles. The van der Waals surface area contributed by atoms with E-state index < -0.39 is 0 Å². The van der Waals surface area contributed by atoms with Gasteiger partial charge in [-0.15, -0.1) is 6.42 Å². The van der Waals surface area contributed by atoms with Crippen LogP contribution in [0, 0.1) is 12.3 Å².